The first-order chi connectivity index (χ1) is 17.4. The van der Waals surface area contributed by atoms with Crippen LogP contribution in [0.25, 0.3) is 11.1 Å². The number of hydrogen-bond donors (Lipinski definition) is 1. The highest BCUT2D eigenvalue weighted by Crippen LogP contribution is 2.35. The van der Waals surface area contributed by atoms with Crippen molar-refractivity contribution >= 4 is 29.2 Å². The van der Waals surface area contributed by atoms with Gasteiger partial charge in [0.05, 0.1) is 6.04 Å². The van der Waals surface area contributed by atoms with Gasteiger partial charge < -0.3 is 14.9 Å². The third-order valence-electron chi connectivity index (χ3n) is 7.09. The molecular formula is C30H34ClFN2O3. The molecule has 0 aromatic heterocycles. The van der Waals surface area contributed by atoms with Gasteiger partial charge in [0.1, 0.15) is 11.9 Å². The number of aliphatic carboxylic acids is 1. The van der Waals surface area contributed by atoms with Gasteiger partial charge >= 0.3 is 5.97 Å². The van der Waals surface area contributed by atoms with Crippen LogP contribution < -0.4 is 4.90 Å². The number of halogens is 2. The number of rotatable bonds is 8. The molecule has 0 heterocycles. The quantitative estimate of drug-likeness (QED) is 0.338. The van der Waals surface area contributed by atoms with E-state index in [1.54, 1.807) is 32.0 Å². The number of amides is 1. The summed E-state index contributed by atoms with van der Waals surface area (Å²) in [5.74, 6) is -1.82. The molecule has 0 fully saturated rings. The molecule has 0 aliphatic heterocycles. The van der Waals surface area contributed by atoms with E-state index in [9.17, 15) is 14.7 Å². The van der Waals surface area contributed by atoms with Crippen molar-refractivity contribution in [3.05, 3.63) is 87.2 Å². The summed E-state index contributed by atoms with van der Waals surface area (Å²) >= 11 is 6.23. The van der Waals surface area contributed by atoms with Crippen molar-refractivity contribution in [3.63, 3.8) is 0 Å². The molecular weight excluding hydrogens is 491 g/mol. The van der Waals surface area contributed by atoms with E-state index in [0.717, 1.165) is 28.3 Å². The highest BCUT2D eigenvalue weighted by Gasteiger charge is 2.26. The molecule has 3 aromatic carbocycles. The van der Waals surface area contributed by atoms with Gasteiger partial charge in [0.2, 0.25) is 0 Å². The number of carbonyl (C=O) groups is 2. The summed E-state index contributed by atoms with van der Waals surface area (Å²) in [5, 5.41) is 10.0. The fourth-order valence-electron chi connectivity index (χ4n) is 4.72. The Morgan fingerprint density at radius 1 is 0.973 bits per heavy atom. The van der Waals surface area contributed by atoms with Crippen LogP contribution >= 0.6 is 11.6 Å². The van der Waals surface area contributed by atoms with E-state index >= 15 is 4.39 Å². The average Bonchev–Trinajstić information content (AvgIpc) is 2.85. The molecule has 2 atom stereocenters. The molecule has 0 bridgehead atoms. The Morgan fingerprint density at radius 2 is 1.59 bits per heavy atom. The number of nitrogens with zero attached hydrogens (tertiary/aromatic N) is 2. The predicted octanol–water partition coefficient (Wildman–Crippen LogP) is 7.20. The molecule has 3 rings (SSSR count). The van der Waals surface area contributed by atoms with E-state index in [1.807, 2.05) is 32.2 Å². The zero-order valence-corrected chi connectivity index (χ0v) is 23.2. The van der Waals surface area contributed by atoms with Gasteiger partial charge in [0.25, 0.3) is 5.91 Å². The fraction of sp³-hybridized carbons (Fsp3) is 0.333. The predicted molar refractivity (Wildman–Crippen MR) is 148 cm³/mol. The summed E-state index contributed by atoms with van der Waals surface area (Å²) in [5.41, 5.74) is 5.84. The maximum atomic E-state index is 15.1. The molecule has 3 aromatic rings. The van der Waals surface area contributed by atoms with Crippen molar-refractivity contribution in [2.45, 2.75) is 53.1 Å². The van der Waals surface area contributed by atoms with Crippen LogP contribution in [0.2, 0.25) is 5.02 Å². The lowest BCUT2D eigenvalue weighted by Gasteiger charge is -2.30. The van der Waals surface area contributed by atoms with Crippen LogP contribution in [0.4, 0.5) is 10.1 Å². The van der Waals surface area contributed by atoms with Gasteiger partial charge in [-0.1, -0.05) is 42.8 Å². The van der Waals surface area contributed by atoms with Crippen LogP contribution in [0.5, 0.6) is 0 Å². The number of hydrogen-bond acceptors (Lipinski definition) is 3. The SMILES string of the molecule is CC[C@H](c1ccc(Cl)c(C)c1)N(C)c1ccc(F)c(-c2cc(C)c(C(=O)N(C)C(C)C(=O)O)c(C)c2)c1. The molecule has 1 unspecified atom stereocenters. The van der Waals surface area contributed by atoms with Crippen LogP contribution in [-0.2, 0) is 4.79 Å². The largest absolute Gasteiger partial charge is 0.480 e. The number of aryl methyl sites for hydroxylation is 3. The maximum absolute atomic E-state index is 15.1. The van der Waals surface area contributed by atoms with E-state index in [2.05, 4.69) is 17.9 Å². The minimum Gasteiger partial charge on any atom is -0.480 e. The van der Waals surface area contributed by atoms with Crippen LogP contribution in [-0.4, -0.2) is 42.0 Å². The first kappa shape index (κ1) is 28.2. The average molecular weight is 525 g/mol. The van der Waals surface area contributed by atoms with Gasteiger partial charge in [-0.15, -0.1) is 0 Å². The van der Waals surface area contributed by atoms with Crippen molar-refractivity contribution in [1.29, 1.82) is 0 Å². The van der Waals surface area contributed by atoms with Crippen molar-refractivity contribution in [2.24, 2.45) is 0 Å². The summed E-state index contributed by atoms with van der Waals surface area (Å²) in [4.78, 5) is 27.7. The second-order valence-corrected chi connectivity index (χ2v) is 10.0. The van der Waals surface area contributed by atoms with E-state index in [0.29, 0.717) is 27.8 Å². The van der Waals surface area contributed by atoms with Gasteiger partial charge in [0.15, 0.2) is 0 Å². The first-order valence-electron chi connectivity index (χ1n) is 12.3. The Kier molecular flexibility index (Phi) is 8.64. The van der Waals surface area contributed by atoms with Crippen LogP contribution in [0.1, 0.15) is 58.9 Å². The second-order valence-electron chi connectivity index (χ2n) is 9.62. The molecule has 0 saturated carbocycles. The number of carboxylic acid groups (broad SMARTS) is 1. The van der Waals surface area contributed by atoms with Gasteiger partial charge in [-0.25, -0.2) is 9.18 Å². The Morgan fingerprint density at radius 3 is 2.14 bits per heavy atom. The van der Waals surface area contributed by atoms with E-state index in [-0.39, 0.29) is 17.8 Å². The topological polar surface area (TPSA) is 60.9 Å². The van der Waals surface area contributed by atoms with Crippen LogP contribution in [0, 0.1) is 26.6 Å². The number of benzene rings is 3. The zero-order valence-electron chi connectivity index (χ0n) is 22.4. The third-order valence-corrected chi connectivity index (χ3v) is 7.52. The summed E-state index contributed by atoms with van der Waals surface area (Å²) in [7, 11) is 3.46. The van der Waals surface area contributed by atoms with Crippen molar-refractivity contribution in [3.8, 4) is 11.1 Å². The van der Waals surface area contributed by atoms with Gasteiger partial charge in [-0.2, -0.15) is 0 Å². The molecule has 7 heteroatoms. The standard InChI is InChI=1S/C30H34ClFN2O3/c1-8-27(21-9-11-25(31)17(2)13-21)34(7)23-10-12-26(32)24(16-23)22-14-18(3)28(19(4)15-22)29(35)33(6)20(5)30(36)37/h9-16,20,27H,8H2,1-7H3,(H,36,37)/t20?,27-/m1/s1. The smallest absolute Gasteiger partial charge is 0.326 e. The lowest BCUT2D eigenvalue weighted by Crippen LogP contribution is -2.40. The minimum atomic E-state index is -1.08. The highest BCUT2D eigenvalue weighted by molar-refractivity contribution is 6.31. The van der Waals surface area contributed by atoms with Crippen LogP contribution in [0.3, 0.4) is 0 Å². The molecule has 0 saturated heterocycles. The van der Waals surface area contributed by atoms with E-state index in [1.165, 1.54) is 24.9 Å². The van der Waals surface area contributed by atoms with Crippen molar-refractivity contribution in [1.82, 2.24) is 4.90 Å². The molecule has 0 aliphatic carbocycles. The summed E-state index contributed by atoms with van der Waals surface area (Å²) in [6, 6.07) is 13.7. The minimum absolute atomic E-state index is 0.0736. The van der Waals surface area contributed by atoms with Gasteiger partial charge in [-0.05, 0) is 86.2 Å². The molecule has 0 aliphatic rings. The molecule has 5 nitrogen and oxygen atoms in total. The lowest BCUT2D eigenvalue weighted by molar-refractivity contribution is -0.141. The normalized spacial score (nSPS) is 12.7. The fourth-order valence-corrected chi connectivity index (χ4v) is 4.83. The zero-order chi connectivity index (χ0) is 27.6. The Hall–Kier alpha value is -3.38. The summed E-state index contributed by atoms with van der Waals surface area (Å²) < 4.78 is 15.1. The second kappa shape index (κ2) is 11.3. The number of carboxylic acids is 1. The number of likely N-dealkylation sites (N-methyl/N-ethyl adjacent to an activating group) is 1. The van der Waals surface area contributed by atoms with Gasteiger partial charge in [-0.3, -0.25) is 4.79 Å². The van der Waals surface area contributed by atoms with Crippen LogP contribution in [0.15, 0.2) is 48.5 Å². The highest BCUT2D eigenvalue weighted by atomic mass is 35.5. The Bertz CT molecular complexity index is 1320. The Balaban J connectivity index is 2.00. The third kappa shape index (κ3) is 5.80. The maximum Gasteiger partial charge on any atom is 0.326 e. The molecule has 1 N–H and O–H groups in total. The lowest BCUT2D eigenvalue weighted by atomic mass is 9.93. The number of anilines is 1. The molecule has 37 heavy (non-hydrogen) atoms. The molecule has 196 valence electrons. The molecule has 0 spiro atoms. The summed E-state index contributed by atoms with van der Waals surface area (Å²) in [6.45, 7) is 9.12. The van der Waals surface area contributed by atoms with Gasteiger partial charge in [0, 0.05) is 35.9 Å². The summed E-state index contributed by atoms with van der Waals surface area (Å²) in [6.07, 6.45) is 0.849. The Labute approximate surface area is 223 Å². The monoisotopic (exact) mass is 524 g/mol. The molecule has 0 radical (unpaired) electrons. The van der Waals surface area contributed by atoms with E-state index in [4.69, 9.17) is 11.6 Å². The molecule has 1 amide bonds. The van der Waals surface area contributed by atoms with Crippen molar-refractivity contribution in [2.75, 3.05) is 19.0 Å². The first-order valence-corrected chi connectivity index (χ1v) is 12.6. The number of carbonyl (C=O) groups excluding carboxylic acids is 1. The van der Waals surface area contributed by atoms with Crippen molar-refractivity contribution < 1.29 is 19.1 Å². The van der Waals surface area contributed by atoms with E-state index < -0.39 is 12.0 Å².